The Morgan fingerprint density at radius 3 is 2.72 bits per heavy atom. The van der Waals surface area contributed by atoms with Gasteiger partial charge in [0.25, 0.3) is 0 Å². The Morgan fingerprint density at radius 1 is 1.44 bits per heavy atom. The molecule has 0 bridgehead atoms. The molecule has 2 N–H and O–H groups in total. The van der Waals surface area contributed by atoms with E-state index in [1.165, 1.54) is 0 Å². The SMILES string of the molecule is CC(C)N1CC(C(=O)NCCCCCO)CC1=O. The molecule has 5 nitrogen and oxygen atoms in total. The number of aliphatic hydroxyl groups is 1. The average molecular weight is 256 g/mol. The standard InChI is InChI=1S/C13H24N2O3/c1-10(2)15-9-11(8-12(15)17)13(18)14-6-4-3-5-7-16/h10-11,16H,3-9H2,1-2H3,(H,14,18). The minimum atomic E-state index is -0.197. The molecule has 1 saturated heterocycles. The normalized spacial score (nSPS) is 19.7. The van der Waals surface area contributed by atoms with Gasteiger partial charge in [0, 0.05) is 32.2 Å². The van der Waals surface area contributed by atoms with E-state index in [1.54, 1.807) is 4.90 Å². The molecule has 0 aromatic carbocycles. The lowest BCUT2D eigenvalue weighted by molar-refractivity contribution is -0.129. The third-order valence-corrected chi connectivity index (χ3v) is 3.29. The maximum absolute atomic E-state index is 11.9. The molecule has 0 spiro atoms. The van der Waals surface area contributed by atoms with Crippen LogP contribution in [0.5, 0.6) is 0 Å². The minimum Gasteiger partial charge on any atom is -0.396 e. The zero-order valence-corrected chi connectivity index (χ0v) is 11.3. The second-order valence-corrected chi connectivity index (χ2v) is 5.12. The molecular formula is C13H24N2O3. The molecule has 1 aliphatic rings. The maximum Gasteiger partial charge on any atom is 0.225 e. The first kappa shape index (κ1) is 15.0. The second kappa shape index (κ2) is 7.36. The monoisotopic (exact) mass is 256 g/mol. The van der Waals surface area contributed by atoms with Crippen molar-refractivity contribution in [3.8, 4) is 0 Å². The van der Waals surface area contributed by atoms with Gasteiger partial charge in [-0.2, -0.15) is 0 Å². The van der Waals surface area contributed by atoms with E-state index >= 15 is 0 Å². The van der Waals surface area contributed by atoms with Crippen molar-refractivity contribution in [2.45, 2.75) is 45.6 Å². The van der Waals surface area contributed by atoms with Crippen LogP contribution in [0.1, 0.15) is 39.5 Å². The Bertz CT molecular complexity index is 292. The molecule has 5 heteroatoms. The van der Waals surface area contributed by atoms with Gasteiger partial charge in [-0.25, -0.2) is 0 Å². The largest absolute Gasteiger partial charge is 0.396 e. The first-order valence-electron chi connectivity index (χ1n) is 6.74. The highest BCUT2D eigenvalue weighted by Gasteiger charge is 2.35. The van der Waals surface area contributed by atoms with Crippen molar-refractivity contribution in [1.82, 2.24) is 10.2 Å². The van der Waals surface area contributed by atoms with Crippen LogP contribution in [-0.4, -0.2) is 47.6 Å². The molecule has 1 atom stereocenters. The molecule has 0 saturated carbocycles. The fourth-order valence-electron chi connectivity index (χ4n) is 2.18. The first-order chi connectivity index (χ1) is 8.56. The number of nitrogens with one attached hydrogen (secondary N) is 1. The summed E-state index contributed by atoms with van der Waals surface area (Å²) in [6.07, 6.45) is 2.90. The number of hydrogen-bond donors (Lipinski definition) is 2. The number of carbonyl (C=O) groups is 2. The van der Waals surface area contributed by atoms with Crippen molar-refractivity contribution in [3.05, 3.63) is 0 Å². The van der Waals surface area contributed by atoms with E-state index < -0.39 is 0 Å². The van der Waals surface area contributed by atoms with Crippen LogP contribution in [0, 0.1) is 5.92 Å². The number of unbranched alkanes of at least 4 members (excludes halogenated alkanes) is 2. The number of carbonyl (C=O) groups excluding carboxylic acids is 2. The van der Waals surface area contributed by atoms with Gasteiger partial charge >= 0.3 is 0 Å². The van der Waals surface area contributed by atoms with Crippen LogP contribution in [0.2, 0.25) is 0 Å². The van der Waals surface area contributed by atoms with Crippen molar-refractivity contribution in [1.29, 1.82) is 0 Å². The molecule has 104 valence electrons. The van der Waals surface area contributed by atoms with Crippen molar-refractivity contribution >= 4 is 11.8 Å². The predicted molar refractivity (Wildman–Crippen MR) is 68.9 cm³/mol. The summed E-state index contributed by atoms with van der Waals surface area (Å²) in [5, 5.41) is 11.5. The summed E-state index contributed by atoms with van der Waals surface area (Å²) in [5.41, 5.74) is 0. The Hall–Kier alpha value is -1.10. The number of likely N-dealkylation sites (tertiary alicyclic amines) is 1. The smallest absolute Gasteiger partial charge is 0.225 e. The van der Waals surface area contributed by atoms with Gasteiger partial charge in [-0.3, -0.25) is 9.59 Å². The lowest BCUT2D eigenvalue weighted by atomic mass is 10.1. The third-order valence-electron chi connectivity index (χ3n) is 3.29. The number of rotatable bonds is 7. The van der Waals surface area contributed by atoms with Crippen molar-refractivity contribution in [2.24, 2.45) is 5.92 Å². The molecule has 2 amide bonds. The number of amides is 2. The molecule has 1 rings (SSSR count). The molecule has 0 aromatic rings. The van der Waals surface area contributed by atoms with Gasteiger partial charge in [0.1, 0.15) is 0 Å². The van der Waals surface area contributed by atoms with E-state index in [0.29, 0.717) is 19.5 Å². The summed E-state index contributed by atoms with van der Waals surface area (Å²) >= 11 is 0. The highest BCUT2D eigenvalue weighted by molar-refractivity contribution is 5.89. The van der Waals surface area contributed by atoms with Crippen molar-refractivity contribution < 1.29 is 14.7 Å². The van der Waals surface area contributed by atoms with E-state index in [1.807, 2.05) is 13.8 Å². The van der Waals surface area contributed by atoms with E-state index in [2.05, 4.69) is 5.32 Å². The quantitative estimate of drug-likeness (QED) is 0.653. The molecule has 0 aliphatic carbocycles. The summed E-state index contributed by atoms with van der Waals surface area (Å²) < 4.78 is 0. The van der Waals surface area contributed by atoms with E-state index in [4.69, 9.17) is 5.11 Å². The summed E-state index contributed by atoms with van der Waals surface area (Å²) in [4.78, 5) is 25.3. The van der Waals surface area contributed by atoms with Gasteiger partial charge in [-0.05, 0) is 33.1 Å². The molecule has 0 radical (unpaired) electrons. The second-order valence-electron chi connectivity index (χ2n) is 5.12. The Balaban J connectivity index is 2.25. The van der Waals surface area contributed by atoms with Crippen LogP contribution < -0.4 is 5.32 Å². The van der Waals surface area contributed by atoms with Crippen LogP contribution in [0.15, 0.2) is 0 Å². The Labute approximate surface area is 109 Å². The highest BCUT2D eigenvalue weighted by Crippen LogP contribution is 2.20. The lowest BCUT2D eigenvalue weighted by Crippen LogP contribution is -2.35. The first-order valence-corrected chi connectivity index (χ1v) is 6.74. The fourth-order valence-corrected chi connectivity index (χ4v) is 2.18. The summed E-state index contributed by atoms with van der Waals surface area (Å²) in [5.74, 6) is -0.140. The third kappa shape index (κ3) is 4.29. The van der Waals surface area contributed by atoms with Crippen LogP contribution in [-0.2, 0) is 9.59 Å². The van der Waals surface area contributed by atoms with Crippen molar-refractivity contribution in [3.63, 3.8) is 0 Å². The minimum absolute atomic E-state index is 0.0181. The zero-order valence-electron chi connectivity index (χ0n) is 11.3. The molecular weight excluding hydrogens is 232 g/mol. The van der Waals surface area contributed by atoms with E-state index in [9.17, 15) is 9.59 Å². The summed E-state index contributed by atoms with van der Waals surface area (Å²) in [7, 11) is 0. The van der Waals surface area contributed by atoms with E-state index in [-0.39, 0.29) is 30.4 Å². The average Bonchev–Trinajstić information content (AvgIpc) is 2.71. The predicted octanol–water partition coefficient (Wildman–Crippen LogP) is 0.522. The zero-order chi connectivity index (χ0) is 13.5. The summed E-state index contributed by atoms with van der Waals surface area (Å²) in [6, 6.07) is 0.167. The van der Waals surface area contributed by atoms with Crippen LogP contribution in [0.25, 0.3) is 0 Å². The van der Waals surface area contributed by atoms with Gasteiger partial charge in [0.2, 0.25) is 11.8 Å². The Kier molecular flexibility index (Phi) is 6.12. The number of aliphatic hydroxyl groups excluding tert-OH is 1. The molecule has 1 aliphatic heterocycles. The molecule has 1 fully saturated rings. The lowest BCUT2D eigenvalue weighted by Gasteiger charge is -2.20. The fraction of sp³-hybridized carbons (Fsp3) is 0.846. The molecule has 1 heterocycles. The number of nitrogens with zero attached hydrogens (tertiary/aromatic N) is 1. The van der Waals surface area contributed by atoms with Crippen LogP contribution in [0.3, 0.4) is 0 Å². The van der Waals surface area contributed by atoms with Gasteiger partial charge in [0.15, 0.2) is 0 Å². The topological polar surface area (TPSA) is 69.6 Å². The van der Waals surface area contributed by atoms with Gasteiger partial charge in [0.05, 0.1) is 5.92 Å². The van der Waals surface area contributed by atoms with Gasteiger partial charge < -0.3 is 15.3 Å². The molecule has 1 unspecified atom stereocenters. The van der Waals surface area contributed by atoms with Crippen LogP contribution in [0.4, 0.5) is 0 Å². The molecule has 18 heavy (non-hydrogen) atoms. The number of hydrogen-bond acceptors (Lipinski definition) is 3. The van der Waals surface area contributed by atoms with Gasteiger partial charge in [-0.15, -0.1) is 0 Å². The maximum atomic E-state index is 11.9. The van der Waals surface area contributed by atoms with Crippen LogP contribution >= 0.6 is 0 Å². The van der Waals surface area contributed by atoms with Crippen molar-refractivity contribution in [2.75, 3.05) is 19.7 Å². The highest BCUT2D eigenvalue weighted by atomic mass is 16.3. The van der Waals surface area contributed by atoms with E-state index in [0.717, 1.165) is 19.3 Å². The Morgan fingerprint density at radius 2 is 2.17 bits per heavy atom. The summed E-state index contributed by atoms with van der Waals surface area (Å²) in [6.45, 7) is 5.30. The van der Waals surface area contributed by atoms with Gasteiger partial charge in [-0.1, -0.05) is 0 Å². The molecule has 0 aromatic heterocycles.